The van der Waals surface area contributed by atoms with Crippen molar-refractivity contribution in [1.82, 2.24) is 15.3 Å². The minimum Gasteiger partial charge on any atom is -0.345 e. The molecule has 3 aromatic rings. The second-order valence-electron chi connectivity index (χ2n) is 5.80. The van der Waals surface area contributed by atoms with Crippen LogP contribution in [0.25, 0.3) is 0 Å². The van der Waals surface area contributed by atoms with Crippen molar-refractivity contribution in [2.24, 2.45) is 0 Å². The standard InChI is InChI=1S/C18H19N3OS2/c1-12(2)18-20-14(10-24-18)9-19-17(22)15-11-23-16(21-15)8-13-6-4-3-5-7-13/h3-7,10-12H,8-9H2,1-2H3,(H,19,22). The molecular formula is C18H19N3OS2. The number of hydrogen-bond donors (Lipinski definition) is 1. The van der Waals surface area contributed by atoms with Gasteiger partial charge in [0, 0.05) is 23.1 Å². The van der Waals surface area contributed by atoms with Crippen LogP contribution in [0.2, 0.25) is 0 Å². The molecule has 0 saturated carbocycles. The zero-order valence-corrected chi connectivity index (χ0v) is 15.3. The van der Waals surface area contributed by atoms with Crippen molar-refractivity contribution in [3.8, 4) is 0 Å². The van der Waals surface area contributed by atoms with Crippen LogP contribution in [0.1, 0.15) is 51.5 Å². The molecule has 0 fully saturated rings. The minimum atomic E-state index is -0.148. The molecule has 0 spiro atoms. The second-order valence-corrected chi connectivity index (χ2v) is 7.64. The van der Waals surface area contributed by atoms with Crippen LogP contribution in [-0.2, 0) is 13.0 Å². The number of nitrogens with zero attached hydrogens (tertiary/aromatic N) is 2. The summed E-state index contributed by atoms with van der Waals surface area (Å²) >= 11 is 3.15. The van der Waals surface area contributed by atoms with Gasteiger partial charge < -0.3 is 5.32 Å². The number of carbonyl (C=O) groups excluding carboxylic acids is 1. The van der Waals surface area contributed by atoms with Crippen molar-refractivity contribution in [3.05, 3.63) is 68.1 Å². The monoisotopic (exact) mass is 357 g/mol. The molecule has 1 N–H and O–H groups in total. The summed E-state index contributed by atoms with van der Waals surface area (Å²) in [6.45, 7) is 4.67. The van der Waals surface area contributed by atoms with Gasteiger partial charge in [-0.05, 0) is 5.56 Å². The summed E-state index contributed by atoms with van der Waals surface area (Å²) < 4.78 is 0. The fourth-order valence-corrected chi connectivity index (χ4v) is 3.84. The van der Waals surface area contributed by atoms with E-state index in [0.717, 1.165) is 22.1 Å². The van der Waals surface area contributed by atoms with Crippen LogP contribution in [-0.4, -0.2) is 15.9 Å². The highest BCUT2D eigenvalue weighted by atomic mass is 32.1. The quantitative estimate of drug-likeness (QED) is 0.718. The van der Waals surface area contributed by atoms with Crippen molar-refractivity contribution in [1.29, 1.82) is 0 Å². The molecule has 0 aliphatic heterocycles. The average Bonchev–Trinajstić information content (AvgIpc) is 3.23. The predicted octanol–water partition coefficient (Wildman–Crippen LogP) is 4.24. The maximum absolute atomic E-state index is 12.2. The van der Waals surface area contributed by atoms with Crippen molar-refractivity contribution >= 4 is 28.6 Å². The smallest absolute Gasteiger partial charge is 0.271 e. The summed E-state index contributed by atoms with van der Waals surface area (Å²) in [4.78, 5) is 21.2. The summed E-state index contributed by atoms with van der Waals surface area (Å²) in [5, 5.41) is 8.75. The lowest BCUT2D eigenvalue weighted by Gasteiger charge is -2.01. The van der Waals surface area contributed by atoms with Crippen LogP contribution < -0.4 is 5.32 Å². The Morgan fingerprint density at radius 3 is 2.62 bits per heavy atom. The van der Waals surface area contributed by atoms with E-state index < -0.39 is 0 Å². The van der Waals surface area contributed by atoms with Gasteiger partial charge in [0.2, 0.25) is 0 Å². The molecule has 0 atom stereocenters. The lowest BCUT2D eigenvalue weighted by Crippen LogP contribution is -2.23. The van der Waals surface area contributed by atoms with Gasteiger partial charge in [0.15, 0.2) is 0 Å². The maximum Gasteiger partial charge on any atom is 0.271 e. The van der Waals surface area contributed by atoms with E-state index in [2.05, 4.69) is 41.3 Å². The van der Waals surface area contributed by atoms with E-state index >= 15 is 0 Å². The lowest BCUT2D eigenvalue weighted by molar-refractivity contribution is 0.0946. The van der Waals surface area contributed by atoms with Crippen molar-refractivity contribution in [3.63, 3.8) is 0 Å². The van der Waals surface area contributed by atoms with E-state index in [9.17, 15) is 4.79 Å². The third kappa shape index (κ3) is 4.27. The number of aromatic nitrogens is 2. The number of benzene rings is 1. The summed E-state index contributed by atoms with van der Waals surface area (Å²) in [6.07, 6.45) is 0.753. The zero-order chi connectivity index (χ0) is 16.9. The van der Waals surface area contributed by atoms with Gasteiger partial charge in [0.05, 0.1) is 22.3 Å². The van der Waals surface area contributed by atoms with Crippen LogP contribution in [0.3, 0.4) is 0 Å². The van der Waals surface area contributed by atoms with Crippen molar-refractivity contribution < 1.29 is 4.79 Å². The van der Waals surface area contributed by atoms with Gasteiger partial charge in [-0.3, -0.25) is 4.79 Å². The Kier molecular flexibility index (Phi) is 5.37. The number of nitrogens with one attached hydrogen (secondary N) is 1. The van der Waals surface area contributed by atoms with E-state index in [1.165, 1.54) is 16.9 Å². The molecule has 3 rings (SSSR count). The highest BCUT2D eigenvalue weighted by molar-refractivity contribution is 7.10. The van der Waals surface area contributed by atoms with Crippen LogP contribution in [0.4, 0.5) is 0 Å². The first-order valence-electron chi connectivity index (χ1n) is 7.82. The largest absolute Gasteiger partial charge is 0.345 e. The molecule has 0 unspecified atom stereocenters. The van der Waals surface area contributed by atoms with E-state index in [-0.39, 0.29) is 5.91 Å². The van der Waals surface area contributed by atoms with Crippen molar-refractivity contribution in [2.75, 3.05) is 0 Å². The van der Waals surface area contributed by atoms with Crippen molar-refractivity contribution in [2.45, 2.75) is 32.7 Å². The van der Waals surface area contributed by atoms with Gasteiger partial charge in [-0.25, -0.2) is 9.97 Å². The molecule has 4 nitrogen and oxygen atoms in total. The first-order valence-corrected chi connectivity index (χ1v) is 9.58. The van der Waals surface area contributed by atoms with Crippen LogP contribution >= 0.6 is 22.7 Å². The summed E-state index contributed by atoms with van der Waals surface area (Å²) in [7, 11) is 0. The van der Waals surface area contributed by atoms with Crippen LogP contribution in [0, 0.1) is 0 Å². The zero-order valence-electron chi connectivity index (χ0n) is 13.7. The van der Waals surface area contributed by atoms with Gasteiger partial charge in [-0.2, -0.15) is 0 Å². The van der Waals surface area contributed by atoms with Gasteiger partial charge in [0.25, 0.3) is 5.91 Å². The molecule has 0 radical (unpaired) electrons. The topological polar surface area (TPSA) is 54.9 Å². The Hall–Kier alpha value is -2.05. The molecule has 1 amide bonds. The fourth-order valence-electron chi connectivity index (χ4n) is 2.20. The SMILES string of the molecule is CC(C)c1nc(CNC(=O)c2csc(Cc3ccccc3)n2)cs1. The summed E-state index contributed by atoms with van der Waals surface area (Å²) in [6, 6.07) is 10.1. The molecular weight excluding hydrogens is 338 g/mol. The highest BCUT2D eigenvalue weighted by Crippen LogP contribution is 2.19. The number of hydrogen-bond acceptors (Lipinski definition) is 5. The van der Waals surface area contributed by atoms with Gasteiger partial charge in [-0.1, -0.05) is 44.2 Å². The molecule has 0 saturated heterocycles. The van der Waals surface area contributed by atoms with Gasteiger partial charge in [0.1, 0.15) is 5.69 Å². The lowest BCUT2D eigenvalue weighted by atomic mass is 10.2. The highest BCUT2D eigenvalue weighted by Gasteiger charge is 2.12. The summed E-state index contributed by atoms with van der Waals surface area (Å²) in [5.74, 6) is 0.267. The van der Waals surface area contributed by atoms with Gasteiger partial charge >= 0.3 is 0 Å². The molecule has 0 aliphatic carbocycles. The Bertz CT molecular complexity index is 809. The van der Waals surface area contributed by atoms with E-state index in [0.29, 0.717) is 18.2 Å². The molecule has 2 aromatic heterocycles. The molecule has 0 bridgehead atoms. The first kappa shape index (κ1) is 16.8. The average molecular weight is 358 g/mol. The Morgan fingerprint density at radius 2 is 1.92 bits per heavy atom. The van der Waals surface area contributed by atoms with Gasteiger partial charge in [-0.15, -0.1) is 22.7 Å². The fraction of sp³-hybridized carbons (Fsp3) is 0.278. The molecule has 1 aromatic carbocycles. The van der Waals surface area contributed by atoms with Crippen LogP contribution in [0.15, 0.2) is 41.1 Å². The summed E-state index contributed by atoms with van der Waals surface area (Å²) in [5.41, 5.74) is 2.57. The van der Waals surface area contributed by atoms with E-state index in [1.54, 1.807) is 11.3 Å². The first-order chi connectivity index (χ1) is 11.6. The third-order valence-corrected chi connectivity index (χ3v) is 5.52. The normalized spacial score (nSPS) is 11.0. The maximum atomic E-state index is 12.2. The third-order valence-electron chi connectivity index (χ3n) is 3.48. The molecule has 2 heterocycles. The van der Waals surface area contributed by atoms with Crippen LogP contribution in [0.5, 0.6) is 0 Å². The molecule has 124 valence electrons. The number of amides is 1. The molecule has 6 heteroatoms. The number of rotatable bonds is 6. The number of thiazole rings is 2. The predicted molar refractivity (Wildman–Crippen MR) is 98.7 cm³/mol. The van der Waals surface area contributed by atoms with E-state index in [4.69, 9.17) is 0 Å². The molecule has 24 heavy (non-hydrogen) atoms. The Labute approximate surface area is 149 Å². The molecule has 0 aliphatic rings. The minimum absolute atomic E-state index is 0.148. The Balaban J connectivity index is 1.57. The van der Waals surface area contributed by atoms with E-state index in [1.807, 2.05) is 29.0 Å². The Morgan fingerprint density at radius 1 is 1.12 bits per heavy atom. The number of carbonyl (C=O) groups is 1. The second kappa shape index (κ2) is 7.68.